The van der Waals surface area contributed by atoms with Crippen molar-refractivity contribution in [2.45, 2.75) is 50.4 Å². The van der Waals surface area contributed by atoms with Crippen LogP contribution in [0.15, 0.2) is 36.5 Å². The number of fused-ring (bicyclic) bond motifs is 3. The van der Waals surface area contributed by atoms with E-state index in [1.165, 1.54) is 6.07 Å². The number of benzene rings is 2. The Hall–Kier alpha value is -3.94. The van der Waals surface area contributed by atoms with E-state index < -0.39 is 23.3 Å². The van der Waals surface area contributed by atoms with Gasteiger partial charge in [0.2, 0.25) is 0 Å². The average molecular weight is 587 g/mol. The molecule has 2 aromatic carbocycles. The first-order chi connectivity index (χ1) is 20.9. The van der Waals surface area contributed by atoms with Gasteiger partial charge in [-0.25, -0.2) is 13.2 Å². The lowest BCUT2D eigenvalue weighted by Gasteiger charge is -2.32. The maximum Gasteiger partial charge on any atom is 0.319 e. The predicted octanol–water partition coefficient (Wildman–Crippen LogP) is 5.25. The molecule has 7 nitrogen and oxygen atoms in total. The molecule has 3 aliphatic heterocycles. The Bertz CT molecular complexity index is 1750. The van der Waals surface area contributed by atoms with Crippen LogP contribution in [0.5, 0.6) is 6.01 Å². The van der Waals surface area contributed by atoms with Gasteiger partial charge in [-0.05, 0) is 50.7 Å². The topological polar surface area (TPSA) is 66.4 Å². The zero-order valence-electron chi connectivity index (χ0n) is 24.0. The normalized spacial score (nSPS) is 23.6. The minimum Gasteiger partial charge on any atom is -0.461 e. The lowest BCUT2D eigenvalue weighted by Crippen LogP contribution is -2.43. The summed E-state index contributed by atoms with van der Waals surface area (Å²) in [5, 5.41) is 4.93. The quantitative estimate of drug-likeness (QED) is 0.297. The van der Waals surface area contributed by atoms with Gasteiger partial charge in [-0.3, -0.25) is 9.88 Å². The zero-order chi connectivity index (χ0) is 29.7. The molecule has 0 amide bonds. The lowest BCUT2D eigenvalue weighted by atomic mass is 9.95. The fourth-order valence-corrected chi connectivity index (χ4v) is 7.32. The van der Waals surface area contributed by atoms with Gasteiger partial charge in [-0.15, -0.1) is 6.42 Å². The average Bonchev–Trinajstić information content (AvgIpc) is 3.74. The van der Waals surface area contributed by atoms with Crippen LogP contribution in [0.3, 0.4) is 0 Å². The van der Waals surface area contributed by atoms with E-state index >= 15 is 4.39 Å². The van der Waals surface area contributed by atoms with Crippen molar-refractivity contribution in [3.63, 3.8) is 0 Å². The van der Waals surface area contributed by atoms with Crippen LogP contribution in [-0.4, -0.2) is 76.9 Å². The standard InChI is InChI=1S/C33H33F3N6O/c1-3-23-26(35)10-9-20-7-5-8-24(27(20)23)29-28(36)30-25(17-38-29)31(42(4-2)22-11-13-37-16-22)40-32(39-30)43-19-33-12-6-14-41(33)18-21(34)15-33/h1,5,7-10,17,21-22,37H,4,6,11-16,18-19H2,2H3/t21-,22?,33+/m1/s1. The summed E-state index contributed by atoms with van der Waals surface area (Å²) in [5.74, 6) is 1.74. The Kier molecular flexibility index (Phi) is 7.10. The van der Waals surface area contributed by atoms with E-state index in [2.05, 4.69) is 31.0 Å². The molecule has 3 atom stereocenters. The number of rotatable bonds is 7. The van der Waals surface area contributed by atoms with E-state index in [0.717, 1.165) is 38.9 Å². The van der Waals surface area contributed by atoms with Crippen LogP contribution >= 0.6 is 0 Å². The van der Waals surface area contributed by atoms with Gasteiger partial charge in [-0.1, -0.05) is 30.2 Å². The summed E-state index contributed by atoms with van der Waals surface area (Å²) >= 11 is 0. The number of nitrogens with zero attached hydrogens (tertiary/aromatic N) is 5. The number of pyridine rings is 1. The fraction of sp³-hybridized carbons (Fsp3) is 0.424. The van der Waals surface area contributed by atoms with Crippen molar-refractivity contribution in [2.24, 2.45) is 0 Å². The van der Waals surface area contributed by atoms with Crippen molar-refractivity contribution < 1.29 is 17.9 Å². The highest BCUT2D eigenvalue weighted by Gasteiger charge is 2.49. The summed E-state index contributed by atoms with van der Waals surface area (Å²) in [4.78, 5) is 18.2. The third-order valence-electron chi connectivity index (χ3n) is 9.36. The smallest absolute Gasteiger partial charge is 0.319 e. The molecule has 2 aromatic heterocycles. The van der Waals surface area contributed by atoms with E-state index in [4.69, 9.17) is 16.1 Å². The highest BCUT2D eigenvalue weighted by Crippen LogP contribution is 2.41. The summed E-state index contributed by atoms with van der Waals surface area (Å²) in [6.07, 6.45) is 9.50. The van der Waals surface area contributed by atoms with E-state index in [1.54, 1.807) is 30.5 Å². The number of anilines is 1. The molecule has 3 saturated heterocycles. The Morgan fingerprint density at radius 1 is 1.23 bits per heavy atom. The molecule has 0 saturated carbocycles. The van der Waals surface area contributed by atoms with Gasteiger partial charge in [-0.2, -0.15) is 9.97 Å². The van der Waals surface area contributed by atoms with Gasteiger partial charge in [0.05, 0.1) is 16.5 Å². The van der Waals surface area contributed by atoms with Crippen LogP contribution in [-0.2, 0) is 0 Å². The number of ether oxygens (including phenoxy) is 1. The fourth-order valence-electron chi connectivity index (χ4n) is 7.32. The summed E-state index contributed by atoms with van der Waals surface area (Å²) in [6, 6.07) is 8.37. The number of nitrogens with one attached hydrogen (secondary N) is 1. The molecule has 222 valence electrons. The van der Waals surface area contributed by atoms with E-state index in [0.29, 0.717) is 47.1 Å². The molecule has 10 heteroatoms. The van der Waals surface area contributed by atoms with Crippen molar-refractivity contribution in [3.05, 3.63) is 53.7 Å². The first-order valence-corrected chi connectivity index (χ1v) is 15.0. The Balaban J connectivity index is 1.38. The van der Waals surface area contributed by atoms with Crippen molar-refractivity contribution in [2.75, 3.05) is 44.2 Å². The van der Waals surface area contributed by atoms with E-state index in [-0.39, 0.29) is 35.4 Å². The molecule has 3 aliphatic rings. The van der Waals surface area contributed by atoms with Crippen LogP contribution in [0.1, 0.15) is 38.2 Å². The van der Waals surface area contributed by atoms with Gasteiger partial charge in [0.15, 0.2) is 5.82 Å². The van der Waals surface area contributed by atoms with Gasteiger partial charge in [0, 0.05) is 49.2 Å². The molecular weight excluding hydrogens is 553 g/mol. The van der Waals surface area contributed by atoms with Crippen LogP contribution in [0.25, 0.3) is 32.9 Å². The van der Waals surface area contributed by atoms with Crippen LogP contribution in [0.4, 0.5) is 19.0 Å². The first-order valence-electron chi connectivity index (χ1n) is 15.0. The highest BCUT2D eigenvalue weighted by molar-refractivity contribution is 6.02. The zero-order valence-corrected chi connectivity index (χ0v) is 24.0. The number of alkyl halides is 1. The van der Waals surface area contributed by atoms with Crippen molar-refractivity contribution in [1.29, 1.82) is 0 Å². The third-order valence-corrected chi connectivity index (χ3v) is 9.36. The minimum absolute atomic E-state index is 0.0120. The Morgan fingerprint density at radius 3 is 2.91 bits per heavy atom. The van der Waals surface area contributed by atoms with Gasteiger partial charge in [0.1, 0.15) is 35.6 Å². The first kappa shape index (κ1) is 27.9. The molecule has 1 unspecified atom stereocenters. The third kappa shape index (κ3) is 4.66. The number of terminal acetylenes is 1. The Morgan fingerprint density at radius 2 is 2.12 bits per heavy atom. The highest BCUT2D eigenvalue weighted by atomic mass is 19.1. The number of hydrogen-bond donors (Lipinski definition) is 1. The number of hydrogen-bond acceptors (Lipinski definition) is 7. The number of halogens is 3. The predicted molar refractivity (Wildman–Crippen MR) is 161 cm³/mol. The second-order valence-electron chi connectivity index (χ2n) is 11.8. The van der Waals surface area contributed by atoms with Crippen molar-refractivity contribution >= 4 is 27.5 Å². The molecule has 7 rings (SSSR count). The monoisotopic (exact) mass is 586 g/mol. The second kappa shape index (κ2) is 11.0. The van der Waals surface area contributed by atoms with Crippen LogP contribution < -0.4 is 15.0 Å². The molecule has 0 bridgehead atoms. The number of aromatic nitrogens is 3. The van der Waals surface area contributed by atoms with Crippen LogP contribution in [0, 0.1) is 24.0 Å². The SMILES string of the molecule is C#Cc1c(F)ccc2cccc(-c3ncc4c(N(CC)C5CCNC5)nc(OC[C@@]56CCCN5C[C@H](F)C6)nc4c3F)c12. The van der Waals surface area contributed by atoms with E-state index in [9.17, 15) is 8.78 Å². The Labute approximate surface area is 248 Å². The molecule has 0 radical (unpaired) electrons. The van der Waals surface area contributed by atoms with E-state index in [1.807, 2.05) is 6.92 Å². The summed E-state index contributed by atoms with van der Waals surface area (Å²) < 4.78 is 52.1. The number of likely N-dealkylation sites (N-methyl/N-ethyl adjacent to an activating group) is 1. The molecule has 43 heavy (non-hydrogen) atoms. The molecule has 3 fully saturated rings. The van der Waals surface area contributed by atoms with Gasteiger partial charge < -0.3 is 15.0 Å². The summed E-state index contributed by atoms with van der Waals surface area (Å²) in [6.45, 7) is 5.78. The molecule has 1 N–H and O–H groups in total. The summed E-state index contributed by atoms with van der Waals surface area (Å²) in [5.41, 5.74) is 0.0902. The molecule has 0 spiro atoms. The maximum atomic E-state index is 16.7. The van der Waals surface area contributed by atoms with Gasteiger partial charge in [0.25, 0.3) is 0 Å². The molecular formula is C33H33F3N6O. The lowest BCUT2D eigenvalue weighted by molar-refractivity contribution is 0.107. The molecule has 4 aromatic rings. The van der Waals surface area contributed by atoms with Crippen LogP contribution in [0.2, 0.25) is 0 Å². The van der Waals surface area contributed by atoms with Crippen molar-refractivity contribution in [1.82, 2.24) is 25.2 Å². The van der Waals surface area contributed by atoms with Crippen molar-refractivity contribution in [3.8, 4) is 29.6 Å². The summed E-state index contributed by atoms with van der Waals surface area (Å²) in [7, 11) is 0. The molecule has 5 heterocycles. The minimum atomic E-state index is -0.896. The van der Waals surface area contributed by atoms with Gasteiger partial charge >= 0.3 is 6.01 Å². The molecule has 0 aliphatic carbocycles. The maximum absolute atomic E-state index is 16.7. The largest absolute Gasteiger partial charge is 0.461 e. The second-order valence-corrected chi connectivity index (χ2v) is 11.8.